The number of carbonyl (C=O) groups excluding carboxylic acids is 2. The van der Waals surface area contributed by atoms with E-state index in [-0.39, 0.29) is 23.9 Å². The Morgan fingerprint density at radius 3 is 2.67 bits per heavy atom. The summed E-state index contributed by atoms with van der Waals surface area (Å²) in [4.78, 5) is 27.9. The minimum Gasteiger partial charge on any atom is -0.459 e. The number of amides is 2. The first-order chi connectivity index (χ1) is 16.0. The molecule has 2 aromatic heterocycles. The minimum absolute atomic E-state index is 0.104. The SMILES string of the molecule is Cc1nnnn1-c1cc(NC(=O)C2Cc3ccccc3CN2C(=O)c2ccco2)ccc1F. The van der Waals surface area contributed by atoms with Gasteiger partial charge in [-0.2, -0.15) is 4.68 Å². The maximum atomic E-state index is 14.4. The quantitative estimate of drug-likeness (QED) is 0.517. The topological polar surface area (TPSA) is 106 Å². The number of benzene rings is 2. The molecule has 0 spiro atoms. The lowest BCUT2D eigenvalue weighted by Gasteiger charge is -2.35. The molecule has 3 heterocycles. The van der Waals surface area contributed by atoms with Gasteiger partial charge in [0.05, 0.1) is 6.26 Å². The Kier molecular flexibility index (Phi) is 5.17. The smallest absolute Gasteiger partial charge is 0.290 e. The van der Waals surface area contributed by atoms with Gasteiger partial charge in [-0.3, -0.25) is 9.59 Å². The number of furan rings is 1. The molecule has 166 valence electrons. The molecule has 1 unspecified atom stereocenters. The third-order valence-corrected chi connectivity index (χ3v) is 5.61. The van der Waals surface area contributed by atoms with Crippen LogP contribution < -0.4 is 5.32 Å². The van der Waals surface area contributed by atoms with Gasteiger partial charge in [0.25, 0.3) is 5.91 Å². The Bertz CT molecular complexity index is 1330. The van der Waals surface area contributed by atoms with Crippen LogP contribution in [0, 0.1) is 12.7 Å². The van der Waals surface area contributed by atoms with Crippen LogP contribution in [-0.4, -0.2) is 43.0 Å². The van der Waals surface area contributed by atoms with Crippen LogP contribution in [0.4, 0.5) is 10.1 Å². The second-order valence-corrected chi connectivity index (χ2v) is 7.69. The van der Waals surface area contributed by atoms with Crippen LogP contribution in [0.25, 0.3) is 5.69 Å². The van der Waals surface area contributed by atoms with Crippen LogP contribution in [0.1, 0.15) is 27.5 Å². The van der Waals surface area contributed by atoms with Crippen molar-refractivity contribution < 1.29 is 18.4 Å². The third-order valence-electron chi connectivity index (χ3n) is 5.61. The van der Waals surface area contributed by atoms with Gasteiger partial charge in [0, 0.05) is 18.7 Å². The van der Waals surface area contributed by atoms with E-state index < -0.39 is 17.8 Å². The van der Waals surface area contributed by atoms with E-state index in [9.17, 15) is 14.0 Å². The molecule has 10 heteroatoms. The van der Waals surface area contributed by atoms with Crippen LogP contribution in [0.3, 0.4) is 0 Å². The van der Waals surface area contributed by atoms with Crippen molar-refractivity contribution in [2.75, 3.05) is 5.32 Å². The van der Waals surface area contributed by atoms with Gasteiger partial charge in [0.2, 0.25) is 5.91 Å². The van der Waals surface area contributed by atoms with E-state index in [0.29, 0.717) is 17.9 Å². The van der Waals surface area contributed by atoms with Gasteiger partial charge in [-0.25, -0.2) is 4.39 Å². The van der Waals surface area contributed by atoms with E-state index >= 15 is 0 Å². The number of halogens is 1. The monoisotopic (exact) mass is 446 g/mol. The fourth-order valence-corrected chi connectivity index (χ4v) is 3.95. The Balaban J connectivity index is 1.45. The average Bonchev–Trinajstić information content (AvgIpc) is 3.51. The molecule has 0 fully saturated rings. The lowest BCUT2D eigenvalue weighted by molar-refractivity contribution is -0.121. The molecule has 2 amide bonds. The number of nitrogens with zero attached hydrogens (tertiary/aromatic N) is 5. The number of anilines is 1. The molecule has 33 heavy (non-hydrogen) atoms. The molecule has 0 saturated heterocycles. The van der Waals surface area contributed by atoms with Crippen LogP contribution in [0.5, 0.6) is 0 Å². The van der Waals surface area contributed by atoms with Crippen molar-refractivity contribution in [1.29, 1.82) is 0 Å². The Labute approximate surface area is 187 Å². The molecular formula is C23H19FN6O3. The molecule has 1 atom stereocenters. The predicted octanol–water partition coefficient (Wildman–Crippen LogP) is 2.91. The molecule has 0 bridgehead atoms. The van der Waals surface area contributed by atoms with Gasteiger partial charge in [0.1, 0.15) is 17.5 Å². The molecule has 0 radical (unpaired) electrons. The van der Waals surface area contributed by atoms with Crippen molar-refractivity contribution in [3.8, 4) is 5.69 Å². The number of carbonyl (C=O) groups is 2. The maximum absolute atomic E-state index is 14.4. The van der Waals surface area contributed by atoms with Gasteiger partial charge in [-0.1, -0.05) is 24.3 Å². The van der Waals surface area contributed by atoms with E-state index in [1.54, 1.807) is 19.1 Å². The summed E-state index contributed by atoms with van der Waals surface area (Å²) in [7, 11) is 0. The predicted molar refractivity (Wildman–Crippen MR) is 115 cm³/mol. The number of hydrogen-bond donors (Lipinski definition) is 1. The normalized spacial score (nSPS) is 15.2. The fourth-order valence-electron chi connectivity index (χ4n) is 3.95. The molecule has 1 aliphatic heterocycles. The van der Waals surface area contributed by atoms with Gasteiger partial charge >= 0.3 is 0 Å². The fraction of sp³-hybridized carbons (Fsp3) is 0.174. The van der Waals surface area contributed by atoms with Crippen molar-refractivity contribution in [2.45, 2.75) is 25.9 Å². The largest absolute Gasteiger partial charge is 0.459 e. The van der Waals surface area contributed by atoms with Gasteiger partial charge in [-0.05, 0) is 58.8 Å². The van der Waals surface area contributed by atoms with Crippen molar-refractivity contribution in [2.24, 2.45) is 0 Å². The van der Waals surface area contributed by atoms with E-state index in [1.807, 2.05) is 24.3 Å². The summed E-state index contributed by atoms with van der Waals surface area (Å²) < 4.78 is 20.9. The van der Waals surface area contributed by atoms with Crippen LogP contribution in [0.15, 0.2) is 65.3 Å². The van der Waals surface area contributed by atoms with E-state index in [4.69, 9.17) is 4.42 Å². The highest BCUT2D eigenvalue weighted by atomic mass is 19.1. The molecular weight excluding hydrogens is 427 g/mol. The number of rotatable bonds is 4. The third kappa shape index (κ3) is 3.86. The van der Waals surface area contributed by atoms with Gasteiger partial charge in [-0.15, -0.1) is 5.10 Å². The summed E-state index contributed by atoms with van der Waals surface area (Å²) in [6.07, 6.45) is 1.76. The molecule has 9 nitrogen and oxygen atoms in total. The van der Waals surface area contributed by atoms with E-state index in [1.165, 1.54) is 34.0 Å². The lowest BCUT2D eigenvalue weighted by atomic mass is 9.93. The zero-order valence-electron chi connectivity index (χ0n) is 17.6. The van der Waals surface area contributed by atoms with Crippen LogP contribution >= 0.6 is 0 Å². The Morgan fingerprint density at radius 1 is 1.12 bits per heavy atom. The highest BCUT2D eigenvalue weighted by molar-refractivity contribution is 6.00. The number of hydrogen-bond acceptors (Lipinski definition) is 6. The Morgan fingerprint density at radius 2 is 1.94 bits per heavy atom. The van der Waals surface area contributed by atoms with Gasteiger partial charge < -0.3 is 14.6 Å². The molecule has 2 aromatic carbocycles. The first-order valence-electron chi connectivity index (χ1n) is 10.3. The number of nitrogens with one attached hydrogen (secondary N) is 1. The van der Waals surface area contributed by atoms with Crippen molar-refractivity contribution >= 4 is 17.5 Å². The molecule has 0 saturated carbocycles. The summed E-state index contributed by atoms with van der Waals surface area (Å²) in [5, 5.41) is 13.9. The van der Waals surface area contributed by atoms with Crippen molar-refractivity contribution in [3.05, 3.63) is 89.4 Å². The zero-order valence-corrected chi connectivity index (χ0v) is 17.6. The molecule has 4 aromatic rings. The van der Waals surface area contributed by atoms with E-state index in [0.717, 1.165) is 11.1 Å². The molecule has 0 aliphatic carbocycles. The standard InChI is InChI=1S/C23H19FN6O3/c1-14-26-27-28-30(14)19-12-17(8-9-18(19)24)25-22(31)20-11-15-5-2-3-6-16(15)13-29(20)23(32)21-7-4-10-33-21/h2-10,12,20H,11,13H2,1H3,(H,25,31). The van der Waals surface area contributed by atoms with Crippen molar-refractivity contribution in [1.82, 2.24) is 25.1 Å². The summed E-state index contributed by atoms with van der Waals surface area (Å²) in [5.41, 5.74) is 2.42. The Hall–Kier alpha value is -4.34. The molecule has 1 aliphatic rings. The highest BCUT2D eigenvalue weighted by Crippen LogP contribution is 2.27. The second-order valence-electron chi connectivity index (χ2n) is 7.69. The summed E-state index contributed by atoms with van der Waals surface area (Å²) >= 11 is 0. The number of aryl methyl sites for hydroxylation is 1. The van der Waals surface area contributed by atoms with E-state index in [2.05, 4.69) is 20.8 Å². The minimum atomic E-state index is -0.777. The van der Waals surface area contributed by atoms with Gasteiger partial charge in [0.15, 0.2) is 11.6 Å². The summed E-state index contributed by atoms with van der Waals surface area (Å²) in [6.45, 7) is 1.91. The molecule has 5 rings (SSSR count). The summed E-state index contributed by atoms with van der Waals surface area (Å²) in [6, 6.07) is 14.2. The maximum Gasteiger partial charge on any atom is 0.290 e. The number of fused-ring (bicyclic) bond motifs is 1. The summed E-state index contributed by atoms with van der Waals surface area (Å²) in [5.74, 6) is -0.749. The number of aromatic nitrogens is 4. The first-order valence-corrected chi connectivity index (χ1v) is 10.3. The highest BCUT2D eigenvalue weighted by Gasteiger charge is 2.36. The molecule has 1 N–H and O–H groups in total. The zero-order chi connectivity index (χ0) is 22.9. The average molecular weight is 446 g/mol. The first kappa shape index (κ1) is 20.6. The van der Waals surface area contributed by atoms with Crippen molar-refractivity contribution in [3.63, 3.8) is 0 Å². The second kappa shape index (κ2) is 8.30. The lowest BCUT2D eigenvalue weighted by Crippen LogP contribution is -2.50. The van der Waals surface area contributed by atoms with Crippen LogP contribution in [-0.2, 0) is 17.8 Å². The van der Waals surface area contributed by atoms with Crippen LogP contribution in [0.2, 0.25) is 0 Å². The number of tetrazole rings is 1.